The molecule has 13 heavy (non-hydrogen) atoms. The minimum absolute atomic E-state index is 0.0549. The van der Waals surface area contributed by atoms with Gasteiger partial charge < -0.3 is 5.11 Å². The van der Waals surface area contributed by atoms with E-state index in [9.17, 15) is 14.0 Å². The van der Waals surface area contributed by atoms with Crippen molar-refractivity contribution < 1.29 is 19.1 Å². The van der Waals surface area contributed by atoms with Crippen molar-refractivity contribution in [3.8, 4) is 0 Å². The maximum absolute atomic E-state index is 13.6. The number of carbonyl (C=O) groups is 2. The van der Waals surface area contributed by atoms with Crippen molar-refractivity contribution in [1.82, 2.24) is 0 Å². The smallest absolute Gasteiger partial charge is 0.306 e. The van der Waals surface area contributed by atoms with Crippen molar-refractivity contribution in [2.75, 3.05) is 0 Å². The van der Waals surface area contributed by atoms with Gasteiger partial charge in [-0.3, -0.25) is 9.59 Å². The predicted octanol–water partition coefficient (Wildman–Crippen LogP) is 1.56. The molecule has 1 aliphatic rings. The third-order valence-electron chi connectivity index (χ3n) is 2.76. The van der Waals surface area contributed by atoms with Gasteiger partial charge in [0.15, 0.2) is 11.5 Å². The number of hydrogen-bond acceptors (Lipinski definition) is 2. The van der Waals surface area contributed by atoms with E-state index in [1.165, 1.54) is 6.92 Å². The minimum atomic E-state index is -1.76. The molecule has 0 saturated heterocycles. The zero-order valence-electron chi connectivity index (χ0n) is 7.55. The van der Waals surface area contributed by atoms with Crippen LogP contribution in [0.1, 0.15) is 32.6 Å². The first kappa shape index (κ1) is 10.2. The van der Waals surface area contributed by atoms with Crippen LogP contribution < -0.4 is 0 Å². The number of aliphatic carboxylic acids is 1. The van der Waals surface area contributed by atoms with E-state index >= 15 is 0 Å². The van der Waals surface area contributed by atoms with Crippen molar-refractivity contribution >= 4 is 11.8 Å². The van der Waals surface area contributed by atoms with E-state index in [-0.39, 0.29) is 25.7 Å². The second kappa shape index (κ2) is 3.44. The van der Waals surface area contributed by atoms with E-state index in [0.717, 1.165) is 0 Å². The Morgan fingerprint density at radius 3 is 2.15 bits per heavy atom. The number of carbonyl (C=O) groups excluding carboxylic acids is 1. The lowest BCUT2D eigenvalue weighted by Crippen LogP contribution is -2.37. The summed E-state index contributed by atoms with van der Waals surface area (Å²) in [7, 11) is 0. The molecular weight excluding hydrogens is 175 g/mol. The molecule has 0 spiro atoms. The lowest BCUT2D eigenvalue weighted by atomic mass is 9.78. The fourth-order valence-corrected chi connectivity index (χ4v) is 1.67. The van der Waals surface area contributed by atoms with Gasteiger partial charge in [0, 0.05) is 0 Å². The van der Waals surface area contributed by atoms with Gasteiger partial charge in [0.1, 0.15) is 0 Å². The molecule has 3 nitrogen and oxygen atoms in total. The molecule has 0 atom stereocenters. The third kappa shape index (κ3) is 2.05. The molecule has 0 amide bonds. The van der Waals surface area contributed by atoms with E-state index in [4.69, 9.17) is 5.11 Å². The first-order chi connectivity index (χ1) is 5.96. The van der Waals surface area contributed by atoms with Crippen molar-refractivity contribution in [3.05, 3.63) is 0 Å². The van der Waals surface area contributed by atoms with Gasteiger partial charge >= 0.3 is 5.97 Å². The van der Waals surface area contributed by atoms with Crippen LogP contribution in [0.3, 0.4) is 0 Å². The predicted molar refractivity (Wildman–Crippen MR) is 44.1 cm³/mol. The van der Waals surface area contributed by atoms with Crippen molar-refractivity contribution in [3.63, 3.8) is 0 Å². The summed E-state index contributed by atoms with van der Waals surface area (Å²) in [5.74, 6) is -1.83. The van der Waals surface area contributed by atoms with Crippen LogP contribution in [0, 0.1) is 5.92 Å². The summed E-state index contributed by atoms with van der Waals surface area (Å²) in [5, 5.41) is 8.64. The van der Waals surface area contributed by atoms with Crippen molar-refractivity contribution in [2.45, 2.75) is 38.3 Å². The molecule has 0 heterocycles. The zero-order chi connectivity index (χ0) is 10.1. The van der Waals surface area contributed by atoms with Crippen LogP contribution >= 0.6 is 0 Å². The third-order valence-corrected chi connectivity index (χ3v) is 2.76. The molecule has 1 saturated carbocycles. The molecule has 1 rings (SSSR count). The Morgan fingerprint density at radius 1 is 1.38 bits per heavy atom. The number of alkyl halides is 1. The van der Waals surface area contributed by atoms with Gasteiger partial charge in [-0.2, -0.15) is 0 Å². The molecule has 0 aromatic heterocycles. The van der Waals surface area contributed by atoms with E-state index < -0.39 is 23.3 Å². The Labute approximate surface area is 75.9 Å². The lowest BCUT2D eigenvalue weighted by Gasteiger charge is -2.29. The minimum Gasteiger partial charge on any atom is -0.481 e. The highest BCUT2D eigenvalue weighted by atomic mass is 19.1. The maximum atomic E-state index is 13.6. The summed E-state index contributed by atoms with van der Waals surface area (Å²) in [6, 6.07) is 0. The lowest BCUT2D eigenvalue weighted by molar-refractivity contribution is -0.146. The molecule has 0 radical (unpaired) electrons. The Morgan fingerprint density at radius 2 is 1.85 bits per heavy atom. The molecule has 0 aliphatic heterocycles. The number of carboxylic acids is 1. The SMILES string of the molecule is CC(=O)[C@]1(F)CC[C@H](C(=O)O)CC1. The quantitative estimate of drug-likeness (QED) is 0.715. The monoisotopic (exact) mass is 188 g/mol. The molecular formula is C9H13FO3. The second-order valence-corrected chi connectivity index (χ2v) is 3.63. The number of carboxylic acid groups (broad SMARTS) is 1. The molecule has 1 fully saturated rings. The van der Waals surface area contributed by atoms with Crippen LogP contribution in [-0.4, -0.2) is 22.5 Å². The fourth-order valence-electron chi connectivity index (χ4n) is 1.67. The van der Waals surface area contributed by atoms with Gasteiger partial charge in [-0.15, -0.1) is 0 Å². The summed E-state index contributed by atoms with van der Waals surface area (Å²) in [6.45, 7) is 1.22. The number of Topliss-reactive ketones (excluding diaryl/α,β-unsaturated/α-hetero) is 1. The average Bonchev–Trinajstić information content (AvgIpc) is 2.04. The second-order valence-electron chi connectivity index (χ2n) is 3.63. The van der Waals surface area contributed by atoms with Crippen LogP contribution in [-0.2, 0) is 9.59 Å². The number of rotatable bonds is 2. The summed E-state index contributed by atoms with van der Waals surface area (Å²) in [4.78, 5) is 21.4. The molecule has 0 aromatic rings. The Hall–Kier alpha value is -0.930. The Kier molecular flexibility index (Phi) is 2.68. The highest BCUT2D eigenvalue weighted by Crippen LogP contribution is 2.35. The van der Waals surface area contributed by atoms with E-state index in [1.807, 2.05) is 0 Å². The zero-order valence-corrected chi connectivity index (χ0v) is 7.55. The first-order valence-electron chi connectivity index (χ1n) is 4.38. The van der Waals surface area contributed by atoms with E-state index in [0.29, 0.717) is 0 Å². The summed E-state index contributed by atoms with van der Waals surface area (Å²) in [6.07, 6.45) is 0.648. The molecule has 0 aromatic carbocycles. The van der Waals surface area contributed by atoms with Gasteiger partial charge in [0.2, 0.25) is 0 Å². The maximum Gasteiger partial charge on any atom is 0.306 e. The molecule has 1 aliphatic carbocycles. The topological polar surface area (TPSA) is 54.4 Å². The summed E-state index contributed by atoms with van der Waals surface area (Å²) < 4.78 is 13.6. The fraction of sp³-hybridized carbons (Fsp3) is 0.778. The van der Waals surface area contributed by atoms with Crippen LogP contribution in [0.25, 0.3) is 0 Å². The largest absolute Gasteiger partial charge is 0.481 e. The van der Waals surface area contributed by atoms with Gasteiger partial charge in [-0.05, 0) is 32.6 Å². The summed E-state index contributed by atoms with van der Waals surface area (Å²) in [5.41, 5.74) is -1.76. The normalized spacial score (nSPS) is 34.2. The number of halogens is 1. The van der Waals surface area contributed by atoms with Gasteiger partial charge in [0.25, 0.3) is 0 Å². The van der Waals surface area contributed by atoms with E-state index in [1.54, 1.807) is 0 Å². The Bertz CT molecular complexity index is 229. The molecule has 0 unspecified atom stereocenters. The van der Waals surface area contributed by atoms with Crippen LogP contribution in [0.4, 0.5) is 4.39 Å². The number of hydrogen-bond donors (Lipinski definition) is 1. The molecule has 4 heteroatoms. The van der Waals surface area contributed by atoms with Crippen LogP contribution in [0.5, 0.6) is 0 Å². The van der Waals surface area contributed by atoms with Crippen LogP contribution in [0.15, 0.2) is 0 Å². The van der Waals surface area contributed by atoms with Gasteiger partial charge in [0.05, 0.1) is 5.92 Å². The van der Waals surface area contributed by atoms with E-state index in [2.05, 4.69) is 0 Å². The standard InChI is InChI=1S/C9H13FO3/c1-6(11)9(10)4-2-7(3-5-9)8(12)13/h7H,2-5H2,1H3,(H,12,13)/t7-,9-. The summed E-state index contributed by atoms with van der Waals surface area (Å²) >= 11 is 0. The number of ketones is 1. The highest BCUT2D eigenvalue weighted by molar-refractivity contribution is 5.85. The van der Waals surface area contributed by atoms with Gasteiger partial charge in [-0.25, -0.2) is 4.39 Å². The molecule has 1 N–H and O–H groups in total. The first-order valence-corrected chi connectivity index (χ1v) is 4.38. The van der Waals surface area contributed by atoms with Crippen molar-refractivity contribution in [2.24, 2.45) is 5.92 Å². The Balaban J connectivity index is 2.56. The molecule has 74 valence electrons. The van der Waals surface area contributed by atoms with Crippen LogP contribution in [0.2, 0.25) is 0 Å². The van der Waals surface area contributed by atoms with Gasteiger partial charge in [-0.1, -0.05) is 0 Å². The highest BCUT2D eigenvalue weighted by Gasteiger charge is 2.41. The van der Waals surface area contributed by atoms with Crippen molar-refractivity contribution in [1.29, 1.82) is 0 Å². The average molecular weight is 188 g/mol. The molecule has 0 bridgehead atoms.